The van der Waals surface area contributed by atoms with E-state index < -0.39 is 0 Å². The molecule has 2 amide bonds. The lowest BCUT2D eigenvalue weighted by atomic mass is 10.1. The van der Waals surface area contributed by atoms with Gasteiger partial charge in [-0.1, -0.05) is 48.5 Å². The third kappa shape index (κ3) is 4.19. The van der Waals surface area contributed by atoms with Crippen LogP contribution in [0, 0.1) is 0 Å². The molecule has 0 spiro atoms. The fourth-order valence-corrected chi connectivity index (χ4v) is 2.37. The number of benzene rings is 2. The van der Waals surface area contributed by atoms with Crippen molar-refractivity contribution in [1.29, 1.82) is 0 Å². The van der Waals surface area contributed by atoms with Crippen LogP contribution in [-0.4, -0.2) is 11.3 Å². The third-order valence-electron chi connectivity index (χ3n) is 3.58. The maximum absolute atomic E-state index is 11.9. The van der Waals surface area contributed by atoms with Gasteiger partial charge in [-0.3, -0.25) is 9.84 Å². The fraction of sp³-hybridized carbons (Fsp3) is 0.167. The molecular formula is C18H19N4O2+. The van der Waals surface area contributed by atoms with E-state index >= 15 is 0 Å². The van der Waals surface area contributed by atoms with Gasteiger partial charge in [0.1, 0.15) is 0 Å². The number of urea groups is 1. The van der Waals surface area contributed by atoms with Crippen molar-refractivity contribution < 1.29 is 14.0 Å². The quantitative estimate of drug-likeness (QED) is 0.707. The zero-order chi connectivity index (χ0) is 16.8. The predicted octanol–water partition coefficient (Wildman–Crippen LogP) is 3.41. The summed E-state index contributed by atoms with van der Waals surface area (Å²) in [5.74, 6) is 0.295. The van der Waals surface area contributed by atoms with Crippen molar-refractivity contribution in [2.24, 2.45) is 0 Å². The van der Waals surface area contributed by atoms with Crippen LogP contribution in [0.25, 0.3) is 0 Å². The van der Waals surface area contributed by atoms with Gasteiger partial charge in [0.25, 0.3) is 6.20 Å². The van der Waals surface area contributed by atoms with Crippen LogP contribution in [0.1, 0.15) is 18.5 Å². The summed E-state index contributed by atoms with van der Waals surface area (Å²) >= 11 is 0. The van der Waals surface area contributed by atoms with E-state index in [1.165, 1.54) is 5.56 Å². The molecular weight excluding hydrogens is 304 g/mol. The number of hydrogen-bond acceptors (Lipinski definition) is 3. The minimum absolute atomic E-state index is 0.115. The highest BCUT2D eigenvalue weighted by molar-refractivity contribution is 5.98. The topological polar surface area (TPSA) is 71.0 Å². The molecule has 0 saturated heterocycles. The summed E-state index contributed by atoms with van der Waals surface area (Å²) in [7, 11) is 0. The molecule has 3 rings (SSSR count). The first-order chi connectivity index (χ1) is 11.7. The fourth-order valence-electron chi connectivity index (χ4n) is 2.37. The van der Waals surface area contributed by atoms with Crippen molar-refractivity contribution in [2.45, 2.75) is 19.4 Å². The number of amides is 2. The van der Waals surface area contributed by atoms with Gasteiger partial charge in [0, 0.05) is 19.0 Å². The van der Waals surface area contributed by atoms with Gasteiger partial charge < -0.3 is 5.32 Å². The van der Waals surface area contributed by atoms with E-state index in [0.29, 0.717) is 11.6 Å². The van der Waals surface area contributed by atoms with Crippen LogP contribution >= 0.6 is 0 Å². The smallest absolute Gasteiger partial charge is 0.308 e. The third-order valence-corrected chi connectivity index (χ3v) is 3.58. The Balaban J connectivity index is 1.58. The van der Waals surface area contributed by atoms with Crippen molar-refractivity contribution >= 4 is 17.6 Å². The molecule has 2 aromatic carbocycles. The minimum Gasteiger partial charge on any atom is -0.308 e. The predicted molar refractivity (Wildman–Crippen MR) is 90.6 cm³/mol. The second kappa shape index (κ2) is 7.41. The largest absolute Gasteiger partial charge is 0.326 e. The zero-order valence-corrected chi connectivity index (χ0v) is 13.3. The van der Waals surface area contributed by atoms with Crippen LogP contribution in [0.4, 0.5) is 16.4 Å². The van der Waals surface area contributed by atoms with Gasteiger partial charge in [-0.25, -0.2) is 4.79 Å². The van der Waals surface area contributed by atoms with Crippen molar-refractivity contribution in [3.63, 3.8) is 0 Å². The molecule has 0 unspecified atom stereocenters. The van der Waals surface area contributed by atoms with E-state index in [9.17, 15) is 4.79 Å². The second-order valence-electron chi connectivity index (χ2n) is 5.53. The van der Waals surface area contributed by atoms with E-state index in [0.717, 1.165) is 6.42 Å². The van der Waals surface area contributed by atoms with Crippen molar-refractivity contribution in [3.8, 4) is 0 Å². The number of nitrogens with zero attached hydrogens (tertiary/aromatic N) is 2. The summed E-state index contributed by atoms with van der Waals surface area (Å²) in [5, 5.41) is 9.32. The number of hydrogen-bond donors (Lipinski definition) is 2. The Bertz CT molecular complexity index is 787. The van der Waals surface area contributed by atoms with Gasteiger partial charge in [0.15, 0.2) is 6.04 Å². The molecule has 3 aromatic rings. The van der Waals surface area contributed by atoms with Gasteiger partial charge in [-0.2, -0.15) is 0 Å². The molecule has 122 valence electrons. The number of rotatable bonds is 5. The molecule has 6 nitrogen and oxygen atoms in total. The standard InChI is InChI=1S/C18H18N4O2/c1-14(12-15-8-4-2-5-9-15)22-13-17(24-21-22)20-18(23)19-16-10-6-3-7-11-16/h2-11,13-14H,12H2,1H3,(H-,19,20,21,23)/p+1/t14-/m1/s1. The molecule has 1 heterocycles. The summed E-state index contributed by atoms with van der Waals surface area (Å²) in [6.07, 6.45) is 2.51. The average molecular weight is 323 g/mol. The first-order valence-corrected chi connectivity index (χ1v) is 7.76. The number of carbonyl (C=O) groups is 1. The number of anilines is 2. The monoisotopic (exact) mass is 323 g/mol. The molecule has 0 fully saturated rings. The summed E-state index contributed by atoms with van der Waals surface area (Å²) in [5.41, 5.74) is 1.93. The number of carbonyl (C=O) groups excluding carboxylic acids is 1. The summed E-state index contributed by atoms with van der Waals surface area (Å²) in [6.45, 7) is 2.04. The van der Waals surface area contributed by atoms with Gasteiger partial charge in [-0.05, 0) is 22.4 Å². The molecule has 0 aliphatic carbocycles. The maximum Gasteiger partial charge on any atom is 0.326 e. The number of para-hydroxylation sites is 1. The number of aromatic nitrogens is 2. The Kier molecular flexibility index (Phi) is 4.86. The van der Waals surface area contributed by atoms with Crippen molar-refractivity contribution in [1.82, 2.24) is 5.27 Å². The molecule has 1 atom stereocenters. The van der Waals surface area contributed by atoms with Crippen LogP contribution in [0.3, 0.4) is 0 Å². The van der Waals surface area contributed by atoms with Gasteiger partial charge in [0.2, 0.25) is 5.27 Å². The van der Waals surface area contributed by atoms with E-state index in [-0.39, 0.29) is 12.1 Å². The highest BCUT2D eigenvalue weighted by Crippen LogP contribution is 2.10. The molecule has 0 aliphatic heterocycles. The van der Waals surface area contributed by atoms with Crippen LogP contribution < -0.4 is 15.3 Å². The average Bonchev–Trinajstić information content (AvgIpc) is 3.05. The first-order valence-electron chi connectivity index (χ1n) is 7.76. The Hall–Kier alpha value is -3.15. The van der Waals surface area contributed by atoms with E-state index in [1.807, 2.05) is 55.5 Å². The summed E-state index contributed by atoms with van der Waals surface area (Å²) < 4.78 is 6.87. The molecule has 0 saturated carbocycles. The lowest BCUT2D eigenvalue weighted by molar-refractivity contribution is -0.782. The van der Waals surface area contributed by atoms with E-state index in [2.05, 4.69) is 28.0 Å². The lowest BCUT2D eigenvalue weighted by Crippen LogP contribution is -2.40. The molecule has 0 aliphatic rings. The van der Waals surface area contributed by atoms with Crippen LogP contribution in [-0.2, 0) is 6.42 Å². The molecule has 2 N–H and O–H groups in total. The van der Waals surface area contributed by atoms with Gasteiger partial charge in [0.05, 0.1) is 0 Å². The summed E-state index contributed by atoms with van der Waals surface area (Å²) in [6, 6.07) is 19.1. The van der Waals surface area contributed by atoms with E-state index in [4.69, 9.17) is 4.52 Å². The summed E-state index contributed by atoms with van der Waals surface area (Å²) in [4.78, 5) is 11.9. The van der Waals surface area contributed by atoms with Crippen LogP contribution in [0.2, 0.25) is 0 Å². The highest BCUT2D eigenvalue weighted by atomic mass is 16.5. The maximum atomic E-state index is 11.9. The first kappa shape index (κ1) is 15.7. The minimum atomic E-state index is -0.375. The van der Waals surface area contributed by atoms with Gasteiger partial charge >= 0.3 is 11.9 Å². The lowest BCUT2D eigenvalue weighted by Gasteiger charge is -2.03. The molecule has 0 bridgehead atoms. The van der Waals surface area contributed by atoms with Crippen LogP contribution in [0.15, 0.2) is 71.4 Å². The Morgan fingerprint density at radius 3 is 2.46 bits per heavy atom. The Morgan fingerprint density at radius 1 is 1.08 bits per heavy atom. The molecule has 6 heteroatoms. The van der Waals surface area contributed by atoms with Crippen molar-refractivity contribution in [2.75, 3.05) is 10.6 Å². The second-order valence-corrected chi connectivity index (χ2v) is 5.53. The molecule has 24 heavy (non-hydrogen) atoms. The van der Waals surface area contributed by atoms with E-state index in [1.54, 1.807) is 10.9 Å². The van der Waals surface area contributed by atoms with Gasteiger partial charge in [-0.15, -0.1) is 0 Å². The zero-order valence-electron chi connectivity index (χ0n) is 13.3. The van der Waals surface area contributed by atoms with Crippen molar-refractivity contribution in [3.05, 3.63) is 72.4 Å². The molecule has 0 radical (unpaired) electrons. The number of nitrogens with one attached hydrogen (secondary N) is 2. The normalized spacial score (nSPS) is 11.7. The Labute approximate surface area is 140 Å². The van der Waals surface area contributed by atoms with Crippen LogP contribution in [0.5, 0.6) is 0 Å². The SMILES string of the molecule is C[C@H](Cc1ccccc1)[n+]1cc(NC(=O)Nc2ccccc2)on1. The Morgan fingerprint density at radius 2 is 1.75 bits per heavy atom. The highest BCUT2D eigenvalue weighted by Gasteiger charge is 2.20. The molecule has 1 aromatic heterocycles.